The number of para-hydroxylation sites is 2. The molecule has 0 spiro atoms. The zero-order chi connectivity index (χ0) is 20.2. The van der Waals surface area contributed by atoms with Gasteiger partial charge in [-0.1, -0.05) is 48.5 Å². The Morgan fingerprint density at radius 1 is 0.759 bits per heavy atom. The van der Waals surface area contributed by atoms with Crippen LogP contribution in [0.2, 0.25) is 0 Å². The molecule has 150 valence electrons. The van der Waals surface area contributed by atoms with Crippen molar-refractivity contribution in [2.75, 3.05) is 20.2 Å². The second-order valence-electron chi connectivity index (χ2n) is 7.35. The first kappa shape index (κ1) is 19.3. The summed E-state index contributed by atoms with van der Waals surface area (Å²) >= 11 is 0. The predicted molar refractivity (Wildman–Crippen MR) is 113 cm³/mol. The highest BCUT2D eigenvalue weighted by Crippen LogP contribution is 2.35. The quantitative estimate of drug-likeness (QED) is 0.663. The molecular formula is C24H26N2O3. The third-order valence-electron chi connectivity index (χ3n) is 5.51. The molecule has 0 saturated carbocycles. The highest BCUT2D eigenvalue weighted by atomic mass is 16.5. The van der Waals surface area contributed by atoms with Crippen LogP contribution in [0.3, 0.4) is 0 Å². The van der Waals surface area contributed by atoms with Crippen molar-refractivity contribution in [3.8, 4) is 17.2 Å². The maximum Gasteiger partial charge on any atom is 0.120 e. The molecule has 1 heterocycles. The van der Waals surface area contributed by atoms with Crippen LogP contribution in [-0.4, -0.2) is 40.2 Å². The fraction of sp³-hybridized carbons (Fsp3) is 0.250. The summed E-state index contributed by atoms with van der Waals surface area (Å²) < 4.78 is 5.31. The fourth-order valence-electron chi connectivity index (χ4n) is 3.99. The number of methoxy groups -OCH3 is 1. The van der Waals surface area contributed by atoms with Gasteiger partial charge in [0, 0.05) is 37.3 Å². The smallest absolute Gasteiger partial charge is 0.120 e. The summed E-state index contributed by atoms with van der Waals surface area (Å²) in [4.78, 5) is 4.72. The molecule has 0 atom stereocenters. The molecule has 1 aliphatic heterocycles. The Morgan fingerprint density at radius 3 is 1.69 bits per heavy atom. The molecule has 5 heteroatoms. The Morgan fingerprint density at radius 2 is 1.24 bits per heavy atom. The summed E-state index contributed by atoms with van der Waals surface area (Å²) in [5.41, 5.74) is 2.99. The van der Waals surface area contributed by atoms with E-state index in [2.05, 4.69) is 21.9 Å². The monoisotopic (exact) mass is 390 g/mol. The number of hydrogen-bond acceptors (Lipinski definition) is 5. The van der Waals surface area contributed by atoms with Gasteiger partial charge < -0.3 is 14.9 Å². The summed E-state index contributed by atoms with van der Waals surface area (Å²) in [6.45, 7) is 3.05. The molecule has 1 saturated heterocycles. The first-order valence-electron chi connectivity index (χ1n) is 9.81. The van der Waals surface area contributed by atoms with Crippen molar-refractivity contribution in [1.82, 2.24) is 9.80 Å². The van der Waals surface area contributed by atoms with E-state index in [9.17, 15) is 10.2 Å². The molecule has 1 aliphatic rings. The summed E-state index contributed by atoms with van der Waals surface area (Å²) in [6, 6.07) is 23.1. The summed E-state index contributed by atoms with van der Waals surface area (Å²) in [5.74, 6) is 1.46. The first-order valence-corrected chi connectivity index (χ1v) is 9.81. The standard InChI is InChI=1S/C24H26N2O3/c1-29-21-12-10-18(11-13-21)24-25(16-19-6-2-4-8-22(19)27)14-15-26(24)17-20-7-3-5-9-23(20)28/h2-13,24,27-28H,14-17H2,1H3. The number of hydrogen-bond donors (Lipinski definition) is 2. The van der Waals surface area contributed by atoms with Crippen LogP contribution in [0, 0.1) is 0 Å². The lowest BCUT2D eigenvalue weighted by molar-refractivity contribution is 0.124. The minimum Gasteiger partial charge on any atom is -0.508 e. The molecule has 3 aromatic rings. The van der Waals surface area contributed by atoms with Gasteiger partial charge in [-0.25, -0.2) is 0 Å². The van der Waals surface area contributed by atoms with E-state index < -0.39 is 0 Å². The number of benzene rings is 3. The van der Waals surface area contributed by atoms with Crippen LogP contribution in [0.25, 0.3) is 0 Å². The number of ether oxygens (including phenoxy) is 1. The number of rotatable bonds is 6. The van der Waals surface area contributed by atoms with Gasteiger partial charge in [0.05, 0.1) is 13.3 Å². The van der Waals surface area contributed by atoms with E-state index in [1.54, 1.807) is 19.2 Å². The predicted octanol–water partition coefficient (Wildman–Crippen LogP) is 4.12. The van der Waals surface area contributed by atoms with Gasteiger partial charge in [0.25, 0.3) is 0 Å². The Balaban J connectivity index is 1.63. The topological polar surface area (TPSA) is 56.2 Å². The van der Waals surface area contributed by atoms with E-state index in [0.29, 0.717) is 24.6 Å². The van der Waals surface area contributed by atoms with E-state index in [0.717, 1.165) is 35.5 Å². The van der Waals surface area contributed by atoms with Gasteiger partial charge in [0.1, 0.15) is 17.2 Å². The number of phenols is 2. The van der Waals surface area contributed by atoms with Gasteiger partial charge in [-0.3, -0.25) is 9.80 Å². The van der Waals surface area contributed by atoms with E-state index in [4.69, 9.17) is 4.74 Å². The molecule has 2 N–H and O–H groups in total. The second kappa shape index (κ2) is 8.55. The van der Waals surface area contributed by atoms with E-state index in [-0.39, 0.29) is 6.17 Å². The molecule has 0 aliphatic carbocycles. The number of phenolic OH excluding ortho intramolecular Hbond substituents is 2. The normalized spacial score (nSPS) is 15.6. The van der Waals surface area contributed by atoms with Gasteiger partial charge >= 0.3 is 0 Å². The Bertz CT molecular complexity index is 903. The Hall–Kier alpha value is -3.02. The van der Waals surface area contributed by atoms with Crippen LogP contribution >= 0.6 is 0 Å². The third kappa shape index (κ3) is 4.21. The first-order chi connectivity index (χ1) is 14.2. The van der Waals surface area contributed by atoms with Crippen molar-refractivity contribution in [1.29, 1.82) is 0 Å². The van der Waals surface area contributed by atoms with Crippen LogP contribution < -0.4 is 4.74 Å². The molecule has 29 heavy (non-hydrogen) atoms. The zero-order valence-electron chi connectivity index (χ0n) is 16.5. The van der Waals surface area contributed by atoms with Crippen molar-refractivity contribution in [3.05, 3.63) is 89.5 Å². The summed E-state index contributed by atoms with van der Waals surface area (Å²) in [5, 5.41) is 20.5. The van der Waals surface area contributed by atoms with Crippen LogP contribution in [0.5, 0.6) is 17.2 Å². The Kier molecular flexibility index (Phi) is 5.69. The second-order valence-corrected chi connectivity index (χ2v) is 7.35. The fourth-order valence-corrected chi connectivity index (χ4v) is 3.99. The highest BCUT2D eigenvalue weighted by Gasteiger charge is 2.33. The van der Waals surface area contributed by atoms with Crippen molar-refractivity contribution in [2.24, 2.45) is 0 Å². The average Bonchev–Trinajstić information content (AvgIpc) is 3.13. The SMILES string of the molecule is COc1ccc(C2N(Cc3ccccc3O)CCN2Cc2ccccc2O)cc1. The minimum atomic E-state index is 0.0418. The van der Waals surface area contributed by atoms with Crippen molar-refractivity contribution >= 4 is 0 Å². The average molecular weight is 390 g/mol. The molecule has 0 amide bonds. The Labute approximate surface area is 171 Å². The minimum absolute atomic E-state index is 0.0418. The molecule has 0 radical (unpaired) electrons. The largest absolute Gasteiger partial charge is 0.508 e. The van der Waals surface area contributed by atoms with Crippen LogP contribution in [0.15, 0.2) is 72.8 Å². The molecule has 0 aromatic heterocycles. The van der Waals surface area contributed by atoms with Gasteiger partial charge in [-0.05, 0) is 29.8 Å². The molecule has 4 rings (SSSR count). The molecule has 0 bridgehead atoms. The van der Waals surface area contributed by atoms with Crippen LogP contribution in [0.1, 0.15) is 22.9 Å². The molecule has 5 nitrogen and oxygen atoms in total. The van der Waals surface area contributed by atoms with Gasteiger partial charge in [-0.2, -0.15) is 0 Å². The van der Waals surface area contributed by atoms with E-state index >= 15 is 0 Å². The lowest BCUT2D eigenvalue weighted by Gasteiger charge is -2.31. The van der Waals surface area contributed by atoms with Gasteiger partial charge in [0.2, 0.25) is 0 Å². The molecule has 1 fully saturated rings. The van der Waals surface area contributed by atoms with Crippen LogP contribution in [0.4, 0.5) is 0 Å². The van der Waals surface area contributed by atoms with Crippen molar-refractivity contribution < 1.29 is 14.9 Å². The molecular weight excluding hydrogens is 364 g/mol. The van der Waals surface area contributed by atoms with Gasteiger partial charge in [0.15, 0.2) is 0 Å². The van der Waals surface area contributed by atoms with E-state index in [1.807, 2.05) is 48.5 Å². The lowest BCUT2D eigenvalue weighted by Crippen LogP contribution is -2.30. The lowest BCUT2D eigenvalue weighted by atomic mass is 10.1. The van der Waals surface area contributed by atoms with Crippen molar-refractivity contribution in [3.63, 3.8) is 0 Å². The van der Waals surface area contributed by atoms with Crippen LogP contribution in [-0.2, 0) is 13.1 Å². The zero-order valence-corrected chi connectivity index (χ0v) is 16.5. The number of aromatic hydroxyl groups is 2. The van der Waals surface area contributed by atoms with Gasteiger partial charge in [-0.15, -0.1) is 0 Å². The maximum absolute atomic E-state index is 10.2. The number of nitrogens with zero attached hydrogens (tertiary/aromatic N) is 2. The molecule has 3 aromatic carbocycles. The summed E-state index contributed by atoms with van der Waals surface area (Å²) in [6.07, 6.45) is 0.0418. The maximum atomic E-state index is 10.2. The van der Waals surface area contributed by atoms with E-state index in [1.165, 1.54) is 0 Å². The molecule has 0 unspecified atom stereocenters. The highest BCUT2D eigenvalue weighted by molar-refractivity contribution is 5.34. The third-order valence-corrected chi connectivity index (χ3v) is 5.51. The van der Waals surface area contributed by atoms with Crippen molar-refractivity contribution in [2.45, 2.75) is 19.3 Å². The summed E-state index contributed by atoms with van der Waals surface area (Å²) in [7, 11) is 1.67.